The number of nitrogens with zero attached hydrogens (tertiary/aromatic N) is 1. The Morgan fingerprint density at radius 3 is 2.38 bits per heavy atom. The van der Waals surface area contributed by atoms with E-state index >= 15 is 0 Å². The lowest BCUT2D eigenvalue weighted by molar-refractivity contribution is 0.573. The van der Waals surface area contributed by atoms with Crippen molar-refractivity contribution in [2.45, 2.75) is 12.3 Å². The first kappa shape index (κ1) is 15.2. The molecule has 0 fully saturated rings. The highest BCUT2D eigenvalue weighted by atomic mass is 32.2. The first-order valence-electron chi connectivity index (χ1n) is 6.20. The molecule has 6 heteroatoms. The third-order valence-electron chi connectivity index (χ3n) is 2.88. The van der Waals surface area contributed by atoms with Gasteiger partial charge in [0.05, 0.1) is 17.4 Å². The summed E-state index contributed by atoms with van der Waals surface area (Å²) in [7, 11) is -3.57. The van der Waals surface area contributed by atoms with Crippen LogP contribution in [0.4, 0.5) is 4.39 Å². The molecule has 0 radical (unpaired) electrons. The van der Waals surface area contributed by atoms with Crippen LogP contribution in [0, 0.1) is 17.1 Å². The molecule has 0 heterocycles. The van der Waals surface area contributed by atoms with E-state index in [0.29, 0.717) is 16.7 Å². The zero-order valence-electron chi connectivity index (χ0n) is 11.1. The van der Waals surface area contributed by atoms with Crippen molar-refractivity contribution in [3.8, 4) is 6.07 Å². The Kier molecular flexibility index (Phi) is 4.68. The van der Waals surface area contributed by atoms with E-state index in [4.69, 9.17) is 5.26 Å². The molecule has 0 aliphatic rings. The molecule has 21 heavy (non-hydrogen) atoms. The molecule has 108 valence electrons. The van der Waals surface area contributed by atoms with Crippen molar-refractivity contribution in [2.24, 2.45) is 0 Å². The third-order valence-corrected chi connectivity index (χ3v) is 4.18. The Labute approximate surface area is 122 Å². The van der Waals surface area contributed by atoms with Gasteiger partial charge in [0.1, 0.15) is 5.82 Å². The molecule has 0 saturated heterocycles. The Morgan fingerprint density at radius 1 is 1.10 bits per heavy atom. The van der Waals surface area contributed by atoms with E-state index in [1.807, 2.05) is 6.07 Å². The van der Waals surface area contributed by atoms with E-state index < -0.39 is 15.8 Å². The van der Waals surface area contributed by atoms with Gasteiger partial charge in [0.15, 0.2) is 0 Å². The lowest BCUT2D eigenvalue weighted by Gasteiger charge is -2.07. The van der Waals surface area contributed by atoms with E-state index in [1.165, 1.54) is 12.1 Å². The van der Waals surface area contributed by atoms with Crippen molar-refractivity contribution >= 4 is 10.0 Å². The van der Waals surface area contributed by atoms with Gasteiger partial charge in [-0.3, -0.25) is 0 Å². The average molecular weight is 304 g/mol. The van der Waals surface area contributed by atoms with Crippen LogP contribution in [-0.2, 0) is 22.3 Å². The first-order valence-corrected chi connectivity index (χ1v) is 7.85. The summed E-state index contributed by atoms with van der Waals surface area (Å²) in [5.41, 5.74) is 1.33. The van der Waals surface area contributed by atoms with Gasteiger partial charge in [0.2, 0.25) is 10.0 Å². The normalized spacial score (nSPS) is 11.0. The van der Waals surface area contributed by atoms with Crippen molar-refractivity contribution in [3.05, 3.63) is 71.0 Å². The Bertz CT molecular complexity index is 765. The summed E-state index contributed by atoms with van der Waals surface area (Å²) in [6, 6.07) is 14.2. The fourth-order valence-corrected chi connectivity index (χ4v) is 2.88. The van der Waals surface area contributed by atoms with Crippen LogP contribution in [0.15, 0.2) is 48.5 Å². The second kappa shape index (κ2) is 6.48. The number of halogens is 1. The smallest absolute Gasteiger partial charge is 0.212 e. The minimum absolute atomic E-state index is 0.0920. The summed E-state index contributed by atoms with van der Waals surface area (Å²) in [6.07, 6.45) is 0. The standard InChI is InChI=1S/C15H13FN2O2S/c16-15-4-2-1-3-14(15)10-18-21(19,20)11-13-7-5-12(9-17)6-8-13/h1-8,18H,10-11H2. The third kappa shape index (κ3) is 4.38. The first-order chi connectivity index (χ1) is 10.00. The van der Waals surface area contributed by atoms with Crippen molar-refractivity contribution in [2.75, 3.05) is 0 Å². The topological polar surface area (TPSA) is 70.0 Å². The van der Waals surface area contributed by atoms with Crippen molar-refractivity contribution in [3.63, 3.8) is 0 Å². The number of hydrogen-bond acceptors (Lipinski definition) is 3. The highest BCUT2D eigenvalue weighted by molar-refractivity contribution is 7.88. The SMILES string of the molecule is N#Cc1ccc(CS(=O)(=O)NCc2ccccc2F)cc1. The van der Waals surface area contributed by atoms with Crippen molar-refractivity contribution in [1.29, 1.82) is 5.26 Å². The molecule has 0 saturated carbocycles. The van der Waals surface area contributed by atoms with Gasteiger partial charge in [-0.15, -0.1) is 0 Å². The van der Waals surface area contributed by atoms with Gasteiger partial charge >= 0.3 is 0 Å². The van der Waals surface area contributed by atoms with E-state index in [0.717, 1.165) is 0 Å². The molecule has 2 aromatic rings. The van der Waals surface area contributed by atoms with E-state index in [9.17, 15) is 12.8 Å². The second-order valence-corrected chi connectivity index (χ2v) is 6.29. The van der Waals surface area contributed by atoms with Crippen LogP contribution in [0.5, 0.6) is 0 Å². The highest BCUT2D eigenvalue weighted by Crippen LogP contribution is 2.09. The fourth-order valence-electron chi connectivity index (χ4n) is 1.78. The second-order valence-electron chi connectivity index (χ2n) is 4.48. The molecule has 0 aliphatic heterocycles. The summed E-state index contributed by atoms with van der Waals surface area (Å²) in [6.45, 7) is -0.0920. The summed E-state index contributed by atoms with van der Waals surface area (Å²) < 4.78 is 39.7. The Balaban J connectivity index is 2.02. The molecule has 2 rings (SSSR count). The Hall–Kier alpha value is -2.23. The number of rotatable bonds is 5. The van der Waals surface area contributed by atoms with Crippen LogP contribution in [0.25, 0.3) is 0 Å². The maximum absolute atomic E-state index is 13.4. The number of sulfonamides is 1. The fraction of sp³-hybridized carbons (Fsp3) is 0.133. The maximum atomic E-state index is 13.4. The van der Waals surface area contributed by atoms with Gasteiger partial charge in [0, 0.05) is 12.1 Å². The van der Waals surface area contributed by atoms with Gasteiger partial charge < -0.3 is 0 Å². The predicted octanol–water partition coefficient (Wildman–Crippen LogP) is 2.32. The molecule has 0 atom stereocenters. The van der Waals surface area contributed by atoms with Gasteiger partial charge in [-0.05, 0) is 23.8 Å². The van der Waals surface area contributed by atoms with Crippen molar-refractivity contribution in [1.82, 2.24) is 4.72 Å². The largest absolute Gasteiger partial charge is 0.216 e. The summed E-state index contributed by atoms with van der Waals surface area (Å²) in [5.74, 6) is -0.661. The predicted molar refractivity (Wildman–Crippen MR) is 77.0 cm³/mol. The molecular weight excluding hydrogens is 291 g/mol. The summed E-state index contributed by atoms with van der Waals surface area (Å²) in [4.78, 5) is 0. The number of benzene rings is 2. The zero-order valence-corrected chi connectivity index (χ0v) is 11.9. The van der Waals surface area contributed by atoms with Crippen LogP contribution in [0.3, 0.4) is 0 Å². The van der Waals surface area contributed by atoms with Crippen LogP contribution in [0.1, 0.15) is 16.7 Å². The van der Waals surface area contributed by atoms with Crippen LogP contribution in [0.2, 0.25) is 0 Å². The Morgan fingerprint density at radius 2 is 1.76 bits per heavy atom. The molecule has 0 aliphatic carbocycles. The van der Waals surface area contributed by atoms with Gasteiger partial charge in [-0.2, -0.15) is 5.26 Å². The average Bonchev–Trinajstić information content (AvgIpc) is 2.47. The minimum Gasteiger partial charge on any atom is -0.212 e. The lowest BCUT2D eigenvalue weighted by atomic mass is 10.2. The zero-order chi connectivity index (χ0) is 15.3. The van der Waals surface area contributed by atoms with Gasteiger partial charge in [-0.1, -0.05) is 30.3 Å². The maximum Gasteiger partial charge on any atom is 0.216 e. The molecular formula is C15H13FN2O2S. The van der Waals surface area contributed by atoms with E-state index in [2.05, 4.69) is 4.72 Å². The summed E-state index contributed by atoms with van der Waals surface area (Å²) >= 11 is 0. The number of hydrogen-bond donors (Lipinski definition) is 1. The van der Waals surface area contributed by atoms with Gasteiger partial charge in [-0.25, -0.2) is 17.5 Å². The quantitative estimate of drug-likeness (QED) is 0.921. The monoisotopic (exact) mass is 304 g/mol. The molecule has 0 amide bonds. The molecule has 0 spiro atoms. The lowest BCUT2D eigenvalue weighted by Crippen LogP contribution is -2.25. The molecule has 0 unspecified atom stereocenters. The summed E-state index contributed by atoms with van der Waals surface area (Å²) in [5, 5.41) is 8.68. The van der Waals surface area contributed by atoms with E-state index in [-0.39, 0.29) is 12.3 Å². The molecule has 0 bridgehead atoms. The molecule has 1 N–H and O–H groups in total. The van der Waals surface area contributed by atoms with E-state index in [1.54, 1.807) is 36.4 Å². The number of nitriles is 1. The van der Waals surface area contributed by atoms with Crippen LogP contribution >= 0.6 is 0 Å². The van der Waals surface area contributed by atoms with Crippen molar-refractivity contribution < 1.29 is 12.8 Å². The minimum atomic E-state index is -3.57. The van der Waals surface area contributed by atoms with Crippen LogP contribution in [-0.4, -0.2) is 8.42 Å². The van der Waals surface area contributed by atoms with Gasteiger partial charge in [0.25, 0.3) is 0 Å². The number of nitrogens with one attached hydrogen (secondary N) is 1. The molecule has 2 aromatic carbocycles. The molecule has 4 nitrogen and oxygen atoms in total. The molecule has 0 aromatic heterocycles. The van der Waals surface area contributed by atoms with Crippen LogP contribution < -0.4 is 4.72 Å². The highest BCUT2D eigenvalue weighted by Gasteiger charge is 2.12.